The van der Waals surface area contributed by atoms with Gasteiger partial charge in [-0.05, 0) is 30.0 Å². The Morgan fingerprint density at radius 1 is 1.44 bits per heavy atom. The van der Waals surface area contributed by atoms with E-state index in [0.29, 0.717) is 30.0 Å². The highest BCUT2D eigenvalue weighted by Gasteiger charge is 2.22. The first-order valence-electron chi connectivity index (χ1n) is 6.29. The van der Waals surface area contributed by atoms with Gasteiger partial charge in [0, 0.05) is 22.5 Å². The van der Waals surface area contributed by atoms with E-state index < -0.39 is 0 Å². The number of halogens is 2. The predicted molar refractivity (Wildman–Crippen MR) is 74.5 cm³/mol. The molecule has 2 nitrogen and oxygen atoms in total. The molecule has 1 aliphatic heterocycles. The van der Waals surface area contributed by atoms with Gasteiger partial charge >= 0.3 is 0 Å². The topological polar surface area (TPSA) is 29.1 Å². The van der Waals surface area contributed by atoms with Gasteiger partial charge in [0.15, 0.2) is 0 Å². The molecule has 0 saturated heterocycles. The zero-order valence-electron chi connectivity index (χ0n) is 10.6. The second kappa shape index (κ2) is 5.39. The van der Waals surface area contributed by atoms with Gasteiger partial charge in [-0.25, -0.2) is 4.39 Å². The van der Waals surface area contributed by atoms with Gasteiger partial charge in [0.2, 0.25) is 5.91 Å². The molecule has 18 heavy (non-hydrogen) atoms. The normalized spacial score (nSPS) is 17.9. The summed E-state index contributed by atoms with van der Waals surface area (Å²) in [5.74, 6) is 0.0841. The molecule has 98 valence electrons. The van der Waals surface area contributed by atoms with Crippen molar-refractivity contribution in [2.75, 3.05) is 5.32 Å². The zero-order chi connectivity index (χ0) is 13.3. The molecule has 0 aliphatic carbocycles. The van der Waals surface area contributed by atoms with Crippen LogP contribution in [0.2, 0.25) is 0 Å². The summed E-state index contributed by atoms with van der Waals surface area (Å²) in [6.07, 6.45) is 2.16. The summed E-state index contributed by atoms with van der Waals surface area (Å²) >= 11 is 3.57. The fourth-order valence-corrected chi connectivity index (χ4v) is 2.87. The molecule has 1 aromatic rings. The molecule has 2 rings (SSSR count). The fourth-order valence-electron chi connectivity index (χ4n) is 2.15. The molecule has 1 aliphatic rings. The summed E-state index contributed by atoms with van der Waals surface area (Å²) in [6, 6.07) is 3.33. The molecule has 1 aromatic carbocycles. The summed E-state index contributed by atoms with van der Waals surface area (Å²) < 4.78 is 14.1. The highest BCUT2D eigenvalue weighted by atomic mass is 79.9. The van der Waals surface area contributed by atoms with Crippen molar-refractivity contribution in [1.82, 2.24) is 0 Å². The van der Waals surface area contributed by atoms with Gasteiger partial charge < -0.3 is 5.32 Å². The monoisotopic (exact) mass is 313 g/mol. The Kier molecular flexibility index (Phi) is 4.05. The number of anilines is 1. The highest BCUT2D eigenvalue weighted by Crippen LogP contribution is 2.37. The first kappa shape index (κ1) is 13.5. The average molecular weight is 314 g/mol. The van der Waals surface area contributed by atoms with Crippen LogP contribution in [0.4, 0.5) is 10.1 Å². The number of nitrogens with one attached hydrogen (secondary N) is 1. The molecule has 0 spiro atoms. The number of benzene rings is 1. The lowest BCUT2D eigenvalue weighted by Gasteiger charge is -2.22. The van der Waals surface area contributed by atoms with Crippen LogP contribution < -0.4 is 5.32 Å². The number of aryl methyl sites for hydroxylation is 1. The van der Waals surface area contributed by atoms with Gasteiger partial charge in [0.25, 0.3) is 0 Å². The smallest absolute Gasteiger partial charge is 0.224 e. The Morgan fingerprint density at radius 3 is 2.83 bits per heavy atom. The SMILES string of the molecule is CCC(C)C(Br)c1cc2c(cc1F)NC(=O)CC2. The van der Waals surface area contributed by atoms with E-state index in [0.717, 1.165) is 12.0 Å². The van der Waals surface area contributed by atoms with Gasteiger partial charge in [0.1, 0.15) is 5.82 Å². The van der Waals surface area contributed by atoms with E-state index in [-0.39, 0.29) is 16.6 Å². The minimum absolute atomic E-state index is 0.0189. The summed E-state index contributed by atoms with van der Waals surface area (Å²) in [5, 5.41) is 2.72. The average Bonchev–Trinajstić information content (AvgIpc) is 2.36. The molecule has 4 heteroatoms. The molecule has 0 bridgehead atoms. The number of hydrogen-bond donors (Lipinski definition) is 1. The zero-order valence-corrected chi connectivity index (χ0v) is 12.2. The molecule has 0 fully saturated rings. The van der Waals surface area contributed by atoms with Gasteiger partial charge in [-0.15, -0.1) is 0 Å². The lowest BCUT2D eigenvalue weighted by atomic mass is 9.94. The molecule has 0 radical (unpaired) electrons. The molecular formula is C14H17BrFNO. The number of amides is 1. The van der Waals surface area contributed by atoms with Crippen molar-refractivity contribution < 1.29 is 9.18 Å². The van der Waals surface area contributed by atoms with Crippen molar-refractivity contribution in [3.8, 4) is 0 Å². The number of fused-ring (bicyclic) bond motifs is 1. The van der Waals surface area contributed by atoms with E-state index >= 15 is 0 Å². The molecule has 0 saturated carbocycles. The van der Waals surface area contributed by atoms with Crippen LogP contribution in [-0.4, -0.2) is 5.91 Å². The first-order valence-corrected chi connectivity index (χ1v) is 7.20. The molecule has 2 unspecified atom stereocenters. The number of rotatable bonds is 3. The Bertz CT molecular complexity index is 475. The molecule has 0 aromatic heterocycles. The number of carbonyl (C=O) groups excluding carboxylic acids is 1. The predicted octanol–water partition coefficient (Wildman–Crippen LogP) is 4.19. The minimum Gasteiger partial charge on any atom is -0.326 e. The van der Waals surface area contributed by atoms with Crippen LogP contribution in [0.3, 0.4) is 0 Å². The molecular weight excluding hydrogens is 297 g/mol. The van der Waals surface area contributed by atoms with E-state index in [1.165, 1.54) is 6.07 Å². The molecule has 2 atom stereocenters. The van der Waals surface area contributed by atoms with Crippen molar-refractivity contribution in [2.45, 2.75) is 37.9 Å². The van der Waals surface area contributed by atoms with Gasteiger partial charge in [-0.3, -0.25) is 4.79 Å². The third-order valence-electron chi connectivity index (χ3n) is 3.56. The maximum atomic E-state index is 14.1. The van der Waals surface area contributed by atoms with Crippen molar-refractivity contribution in [3.05, 3.63) is 29.1 Å². The maximum Gasteiger partial charge on any atom is 0.224 e. The molecule has 1 amide bonds. The van der Waals surface area contributed by atoms with E-state index in [1.807, 2.05) is 6.07 Å². The summed E-state index contributed by atoms with van der Waals surface area (Å²) in [4.78, 5) is 11.3. The number of alkyl halides is 1. The van der Waals surface area contributed by atoms with E-state index in [2.05, 4.69) is 35.1 Å². The third kappa shape index (κ3) is 2.58. The fraction of sp³-hybridized carbons (Fsp3) is 0.500. The van der Waals surface area contributed by atoms with Crippen molar-refractivity contribution in [1.29, 1.82) is 0 Å². The van der Waals surface area contributed by atoms with E-state index in [1.54, 1.807) is 0 Å². The lowest BCUT2D eigenvalue weighted by Crippen LogP contribution is -2.20. The largest absolute Gasteiger partial charge is 0.326 e. The quantitative estimate of drug-likeness (QED) is 0.833. The Labute approximate surface area is 115 Å². The number of hydrogen-bond acceptors (Lipinski definition) is 1. The van der Waals surface area contributed by atoms with Gasteiger partial charge in [-0.2, -0.15) is 0 Å². The summed E-state index contributed by atoms with van der Waals surface area (Å²) in [7, 11) is 0. The van der Waals surface area contributed by atoms with Crippen molar-refractivity contribution in [3.63, 3.8) is 0 Å². The second-order valence-corrected chi connectivity index (χ2v) is 5.85. The van der Waals surface area contributed by atoms with Gasteiger partial charge in [0.05, 0.1) is 0 Å². The van der Waals surface area contributed by atoms with Crippen LogP contribution >= 0.6 is 15.9 Å². The second-order valence-electron chi connectivity index (χ2n) is 4.87. The molecule has 1 N–H and O–H groups in total. The van der Waals surface area contributed by atoms with Crippen LogP contribution in [0.15, 0.2) is 12.1 Å². The van der Waals surface area contributed by atoms with E-state index in [9.17, 15) is 9.18 Å². The van der Waals surface area contributed by atoms with Crippen molar-refractivity contribution in [2.24, 2.45) is 5.92 Å². The van der Waals surface area contributed by atoms with Gasteiger partial charge in [-0.1, -0.05) is 36.2 Å². The maximum absolute atomic E-state index is 14.1. The third-order valence-corrected chi connectivity index (χ3v) is 4.95. The highest BCUT2D eigenvalue weighted by molar-refractivity contribution is 9.09. The van der Waals surface area contributed by atoms with Crippen molar-refractivity contribution >= 4 is 27.5 Å². The van der Waals surface area contributed by atoms with Crippen LogP contribution in [0.5, 0.6) is 0 Å². The van der Waals surface area contributed by atoms with Crippen LogP contribution in [0.1, 0.15) is 42.6 Å². The lowest BCUT2D eigenvalue weighted by molar-refractivity contribution is -0.116. The Morgan fingerprint density at radius 2 is 2.17 bits per heavy atom. The molecule has 1 heterocycles. The van der Waals surface area contributed by atoms with Crippen LogP contribution in [-0.2, 0) is 11.2 Å². The first-order chi connectivity index (χ1) is 8.52. The Balaban J connectivity index is 2.36. The van der Waals surface area contributed by atoms with E-state index in [4.69, 9.17) is 0 Å². The Hall–Kier alpha value is -0.900. The summed E-state index contributed by atoms with van der Waals surface area (Å²) in [6.45, 7) is 4.19. The summed E-state index contributed by atoms with van der Waals surface area (Å²) in [5.41, 5.74) is 2.34. The van der Waals surface area contributed by atoms with Crippen LogP contribution in [0, 0.1) is 11.7 Å². The van der Waals surface area contributed by atoms with Crippen LogP contribution in [0.25, 0.3) is 0 Å². The standard InChI is InChI=1S/C14H17BrFNO/c1-3-8(2)14(15)10-6-9-4-5-13(18)17-12(9)7-11(10)16/h6-8,14H,3-5H2,1-2H3,(H,17,18). The minimum atomic E-state index is -0.252. The number of carbonyl (C=O) groups is 1.